The molecule has 0 aliphatic heterocycles. The summed E-state index contributed by atoms with van der Waals surface area (Å²) in [6.45, 7) is 4.44. The second-order valence-corrected chi connectivity index (χ2v) is 6.86. The highest BCUT2D eigenvalue weighted by atomic mass is 19.1. The molecule has 0 aromatic carbocycles. The zero-order valence-corrected chi connectivity index (χ0v) is 15.5. The second kappa shape index (κ2) is 6.64. The fourth-order valence-corrected chi connectivity index (χ4v) is 3.21. The predicted molar refractivity (Wildman–Crippen MR) is 101 cm³/mol. The Hall–Kier alpha value is -2.96. The standard InChI is InChI=1S/C20H21FN4O2/c1-4-27-20-14(5-11(2)9-23-20)16-6-12-7-18(22-10-17(12)25(16)3)24-19(26)13-8-15(13)21/h5-7,9-10,13,15H,4,8H2,1-3H3,(H,22,24,26)/t13-,15+/m1/s1. The maximum absolute atomic E-state index is 13.1. The highest BCUT2D eigenvalue weighted by molar-refractivity contribution is 5.96. The maximum Gasteiger partial charge on any atom is 0.231 e. The first-order valence-corrected chi connectivity index (χ1v) is 8.98. The molecule has 1 fully saturated rings. The molecule has 6 nitrogen and oxygen atoms in total. The van der Waals surface area contributed by atoms with Crippen molar-refractivity contribution in [3.63, 3.8) is 0 Å². The van der Waals surface area contributed by atoms with Crippen LogP contribution in [0, 0.1) is 12.8 Å². The number of anilines is 1. The molecule has 27 heavy (non-hydrogen) atoms. The van der Waals surface area contributed by atoms with Crippen LogP contribution in [0.3, 0.4) is 0 Å². The number of alkyl halides is 1. The van der Waals surface area contributed by atoms with Crippen molar-refractivity contribution in [1.82, 2.24) is 14.5 Å². The minimum Gasteiger partial charge on any atom is -0.477 e. The summed E-state index contributed by atoms with van der Waals surface area (Å²) in [7, 11) is 1.95. The first kappa shape index (κ1) is 17.5. The number of aromatic nitrogens is 3. The zero-order chi connectivity index (χ0) is 19.1. The van der Waals surface area contributed by atoms with E-state index in [-0.39, 0.29) is 5.91 Å². The zero-order valence-electron chi connectivity index (χ0n) is 15.5. The Kier molecular flexibility index (Phi) is 4.30. The summed E-state index contributed by atoms with van der Waals surface area (Å²) in [4.78, 5) is 20.7. The summed E-state index contributed by atoms with van der Waals surface area (Å²) in [5, 5.41) is 3.62. The molecule has 0 unspecified atom stereocenters. The van der Waals surface area contributed by atoms with E-state index in [2.05, 4.69) is 15.3 Å². The Morgan fingerprint density at radius 2 is 2.11 bits per heavy atom. The van der Waals surface area contributed by atoms with E-state index in [4.69, 9.17) is 4.74 Å². The molecular formula is C20H21FN4O2. The number of pyridine rings is 2. The van der Waals surface area contributed by atoms with Gasteiger partial charge in [0.15, 0.2) is 0 Å². The molecular weight excluding hydrogens is 347 g/mol. The van der Waals surface area contributed by atoms with Gasteiger partial charge in [-0.15, -0.1) is 0 Å². The average molecular weight is 368 g/mol. The van der Waals surface area contributed by atoms with E-state index in [1.54, 1.807) is 18.5 Å². The van der Waals surface area contributed by atoms with Gasteiger partial charge in [0, 0.05) is 18.6 Å². The molecule has 1 amide bonds. The van der Waals surface area contributed by atoms with Gasteiger partial charge in [0.1, 0.15) is 12.0 Å². The Morgan fingerprint density at radius 1 is 1.33 bits per heavy atom. The van der Waals surface area contributed by atoms with Crippen molar-refractivity contribution < 1.29 is 13.9 Å². The van der Waals surface area contributed by atoms with Gasteiger partial charge in [0.05, 0.1) is 35.5 Å². The quantitative estimate of drug-likeness (QED) is 0.747. The summed E-state index contributed by atoms with van der Waals surface area (Å²) in [5.74, 6) is 0.155. The first-order chi connectivity index (χ1) is 13.0. The number of nitrogens with one attached hydrogen (secondary N) is 1. The molecule has 1 saturated carbocycles. The Labute approximate surface area is 156 Å². The summed E-state index contributed by atoms with van der Waals surface area (Å²) >= 11 is 0. The van der Waals surface area contributed by atoms with Crippen LogP contribution in [0.4, 0.5) is 10.2 Å². The van der Waals surface area contributed by atoms with Crippen LogP contribution in [0.2, 0.25) is 0 Å². The molecule has 1 N–H and O–H groups in total. The van der Waals surface area contributed by atoms with Gasteiger partial charge >= 0.3 is 0 Å². The third kappa shape index (κ3) is 3.25. The van der Waals surface area contributed by atoms with E-state index in [0.29, 0.717) is 24.7 Å². The molecule has 4 rings (SSSR count). The molecule has 1 aliphatic rings. The summed E-state index contributed by atoms with van der Waals surface area (Å²) in [5.41, 5.74) is 3.80. The lowest BCUT2D eigenvalue weighted by Gasteiger charge is -2.11. The Bertz CT molecular complexity index is 1030. The monoisotopic (exact) mass is 368 g/mol. The highest BCUT2D eigenvalue weighted by Gasteiger charge is 2.43. The second-order valence-electron chi connectivity index (χ2n) is 6.86. The number of carbonyl (C=O) groups is 1. The van der Waals surface area contributed by atoms with Gasteiger partial charge in [-0.05, 0) is 44.0 Å². The fraction of sp³-hybridized carbons (Fsp3) is 0.350. The molecule has 140 valence electrons. The third-order valence-electron chi connectivity index (χ3n) is 4.77. The number of hydrogen-bond donors (Lipinski definition) is 1. The van der Waals surface area contributed by atoms with Gasteiger partial charge in [0.2, 0.25) is 11.8 Å². The summed E-state index contributed by atoms with van der Waals surface area (Å²) in [6, 6.07) is 5.85. The number of rotatable bonds is 5. The highest BCUT2D eigenvalue weighted by Crippen LogP contribution is 2.36. The van der Waals surface area contributed by atoms with Gasteiger partial charge in [-0.2, -0.15) is 0 Å². The minimum absolute atomic E-state index is 0.296. The SMILES string of the molecule is CCOc1ncc(C)cc1-c1cc2cc(NC(=O)[C@@H]3C[C@@H]3F)ncc2n1C. The molecule has 7 heteroatoms. The van der Waals surface area contributed by atoms with Crippen LogP contribution in [0.5, 0.6) is 5.88 Å². The lowest BCUT2D eigenvalue weighted by atomic mass is 10.1. The number of fused-ring (bicyclic) bond motifs is 1. The molecule has 2 atom stereocenters. The van der Waals surface area contributed by atoms with Crippen LogP contribution in [-0.2, 0) is 11.8 Å². The lowest BCUT2D eigenvalue weighted by Crippen LogP contribution is -2.15. The number of ether oxygens (including phenoxy) is 1. The van der Waals surface area contributed by atoms with E-state index < -0.39 is 12.1 Å². The number of carbonyl (C=O) groups excluding carboxylic acids is 1. The van der Waals surface area contributed by atoms with Crippen molar-refractivity contribution in [2.75, 3.05) is 11.9 Å². The molecule has 3 aromatic rings. The largest absolute Gasteiger partial charge is 0.477 e. The van der Waals surface area contributed by atoms with Crippen molar-refractivity contribution in [2.45, 2.75) is 26.4 Å². The number of hydrogen-bond acceptors (Lipinski definition) is 4. The predicted octanol–water partition coefficient (Wildman–Crippen LogP) is 3.64. The molecule has 3 aromatic heterocycles. The van der Waals surface area contributed by atoms with Crippen LogP contribution in [-0.4, -0.2) is 33.2 Å². The Balaban J connectivity index is 1.72. The smallest absolute Gasteiger partial charge is 0.231 e. The fourth-order valence-electron chi connectivity index (χ4n) is 3.21. The van der Waals surface area contributed by atoms with E-state index in [1.165, 1.54) is 0 Å². The molecule has 3 heterocycles. The first-order valence-electron chi connectivity index (χ1n) is 8.98. The van der Waals surface area contributed by atoms with Gasteiger partial charge in [-0.25, -0.2) is 14.4 Å². The maximum atomic E-state index is 13.1. The van der Waals surface area contributed by atoms with Crippen molar-refractivity contribution in [3.05, 3.63) is 36.2 Å². The normalized spacial score (nSPS) is 18.5. The number of amides is 1. The van der Waals surface area contributed by atoms with Crippen molar-refractivity contribution in [1.29, 1.82) is 0 Å². The molecule has 0 radical (unpaired) electrons. The molecule has 0 bridgehead atoms. The van der Waals surface area contributed by atoms with E-state index in [1.807, 2.05) is 37.6 Å². The van der Waals surface area contributed by atoms with E-state index in [9.17, 15) is 9.18 Å². The van der Waals surface area contributed by atoms with Crippen LogP contribution in [0.15, 0.2) is 30.6 Å². The van der Waals surface area contributed by atoms with Crippen LogP contribution < -0.4 is 10.1 Å². The third-order valence-corrected chi connectivity index (χ3v) is 4.77. The van der Waals surface area contributed by atoms with Crippen molar-refractivity contribution in [3.8, 4) is 17.1 Å². The van der Waals surface area contributed by atoms with Gasteiger partial charge in [-0.3, -0.25) is 4.79 Å². The molecule has 0 saturated heterocycles. The van der Waals surface area contributed by atoms with Crippen molar-refractivity contribution in [2.24, 2.45) is 13.0 Å². The summed E-state index contributed by atoms with van der Waals surface area (Å²) in [6.07, 6.45) is 2.76. The number of halogens is 1. The number of aryl methyl sites for hydroxylation is 2. The van der Waals surface area contributed by atoms with Crippen LogP contribution >= 0.6 is 0 Å². The lowest BCUT2D eigenvalue weighted by molar-refractivity contribution is -0.117. The van der Waals surface area contributed by atoms with Gasteiger partial charge in [-0.1, -0.05) is 0 Å². The van der Waals surface area contributed by atoms with E-state index in [0.717, 1.165) is 27.7 Å². The van der Waals surface area contributed by atoms with Crippen LogP contribution in [0.1, 0.15) is 18.9 Å². The van der Waals surface area contributed by atoms with Gasteiger partial charge < -0.3 is 14.6 Å². The topological polar surface area (TPSA) is 69.0 Å². The Morgan fingerprint density at radius 3 is 2.81 bits per heavy atom. The molecule has 0 spiro atoms. The summed E-state index contributed by atoms with van der Waals surface area (Å²) < 4.78 is 20.8. The van der Waals surface area contributed by atoms with Crippen molar-refractivity contribution >= 4 is 22.6 Å². The van der Waals surface area contributed by atoms with Crippen LogP contribution in [0.25, 0.3) is 22.2 Å². The minimum atomic E-state index is -1.03. The van der Waals surface area contributed by atoms with Gasteiger partial charge in [0.25, 0.3) is 0 Å². The molecule has 1 aliphatic carbocycles. The van der Waals surface area contributed by atoms with E-state index >= 15 is 0 Å². The average Bonchev–Trinajstić information content (AvgIpc) is 3.29. The number of nitrogens with zero attached hydrogens (tertiary/aromatic N) is 3.